The molecule has 0 amide bonds. The molecular formula is C15H15BrFNO2. The van der Waals surface area contributed by atoms with Gasteiger partial charge < -0.3 is 15.2 Å². The van der Waals surface area contributed by atoms with Crippen LogP contribution in [0.4, 0.5) is 4.39 Å². The molecule has 0 spiro atoms. The molecule has 2 rings (SSSR count). The summed E-state index contributed by atoms with van der Waals surface area (Å²) >= 11 is 3.17. The second kappa shape index (κ2) is 6.24. The van der Waals surface area contributed by atoms with Gasteiger partial charge in [-0.3, -0.25) is 0 Å². The Hall–Kier alpha value is -1.59. The maximum Gasteiger partial charge on any atom is 0.142 e. The van der Waals surface area contributed by atoms with Crippen molar-refractivity contribution in [3.8, 4) is 11.5 Å². The number of nitrogens with two attached hydrogens (primary N) is 1. The van der Waals surface area contributed by atoms with Crippen molar-refractivity contribution in [3.63, 3.8) is 0 Å². The van der Waals surface area contributed by atoms with Gasteiger partial charge in [-0.1, -0.05) is 18.2 Å². The fourth-order valence-electron chi connectivity index (χ4n) is 2.10. The summed E-state index contributed by atoms with van der Waals surface area (Å²) in [6.07, 6.45) is 0. The molecule has 20 heavy (non-hydrogen) atoms. The van der Waals surface area contributed by atoms with Crippen LogP contribution in [0.1, 0.15) is 17.2 Å². The van der Waals surface area contributed by atoms with E-state index in [-0.39, 0.29) is 5.82 Å². The van der Waals surface area contributed by atoms with Crippen molar-refractivity contribution >= 4 is 15.9 Å². The van der Waals surface area contributed by atoms with E-state index >= 15 is 0 Å². The highest BCUT2D eigenvalue weighted by Crippen LogP contribution is 2.37. The zero-order valence-electron chi connectivity index (χ0n) is 11.2. The summed E-state index contributed by atoms with van der Waals surface area (Å²) in [6, 6.07) is 9.68. The second-order valence-corrected chi connectivity index (χ2v) is 5.05. The molecule has 2 N–H and O–H groups in total. The van der Waals surface area contributed by atoms with E-state index in [1.807, 2.05) is 0 Å². The minimum Gasteiger partial charge on any atom is -0.496 e. The molecule has 3 nitrogen and oxygen atoms in total. The van der Waals surface area contributed by atoms with Crippen LogP contribution in [0.5, 0.6) is 11.5 Å². The molecule has 1 unspecified atom stereocenters. The second-order valence-electron chi connectivity index (χ2n) is 4.20. The first-order valence-corrected chi connectivity index (χ1v) is 6.79. The number of hydrogen-bond acceptors (Lipinski definition) is 3. The molecule has 1 atom stereocenters. The Morgan fingerprint density at radius 3 is 2.15 bits per heavy atom. The molecule has 2 aromatic carbocycles. The maximum atomic E-state index is 14.2. The number of methoxy groups -OCH3 is 2. The predicted octanol–water partition coefficient (Wildman–Crippen LogP) is 3.65. The third-order valence-corrected chi connectivity index (χ3v) is 3.71. The Balaban J connectivity index is 2.58. The standard InChI is InChI=1S/C15H15BrFNO2/c1-19-11-7-4-8-12(20-2)13(11)15(18)9-5-3-6-10(16)14(9)17/h3-8,15H,18H2,1-2H3. The molecule has 0 aliphatic carbocycles. The number of hydrogen-bond donors (Lipinski definition) is 1. The molecule has 0 radical (unpaired) electrons. The zero-order valence-corrected chi connectivity index (χ0v) is 12.8. The van der Waals surface area contributed by atoms with Gasteiger partial charge >= 0.3 is 0 Å². The molecule has 0 aromatic heterocycles. The number of halogens is 2. The van der Waals surface area contributed by atoms with E-state index in [4.69, 9.17) is 15.2 Å². The van der Waals surface area contributed by atoms with Gasteiger partial charge in [0.1, 0.15) is 17.3 Å². The summed E-state index contributed by atoms with van der Waals surface area (Å²) < 4.78 is 25.2. The van der Waals surface area contributed by atoms with Crippen LogP contribution in [0.15, 0.2) is 40.9 Å². The van der Waals surface area contributed by atoms with Crippen LogP contribution < -0.4 is 15.2 Å². The maximum absolute atomic E-state index is 14.2. The minimum absolute atomic E-state index is 0.374. The average molecular weight is 340 g/mol. The van der Waals surface area contributed by atoms with E-state index in [2.05, 4.69) is 15.9 Å². The largest absolute Gasteiger partial charge is 0.496 e. The van der Waals surface area contributed by atoms with E-state index in [0.29, 0.717) is 27.1 Å². The van der Waals surface area contributed by atoms with Gasteiger partial charge in [-0.05, 0) is 34.1 Å². The van der Waals surface area contributed by atoms with Crippen molar-refractivity contribution in [1.82, 2.24) is 0 Å². The lowest BCUT2D eigenvalue weighted by Gasteiger charge is -2.20. The predicted molar refractivity (Wildman–Crippen MR) is 79.7 cm³/mol. The van der Waals surface area contributed by atoms with Crippen LogP contribution in [-0.2, 0) is 0 Å². The van der Waals surface area contributed by atoms with Crippen molar-refractivity contribution in [2.24, 2.45) is 5.73 Å². The van der Waals surface area contributed by atoms with Gasteiger partial charge in [0.2, 0.25) is 0 Å². The highest BCUT2D eigenvalue weighted by molar-refractivity contribution is 9.10. The smallest absolute Gasteiger partial charge is 0.142 e. The van der Waals surface area contributed by atoms with E-state index in [0.717, 1.165) is 0 Å². The van der Waals surface area contributed by atoms with Gasteiger partial charge in [-0.2, -0.15) is 0 Å². The summed E-state index contributed by atoms with van der Waals surface area (Å²) in [4.78, 5) is 0. The topological polar surface area (TPSA) is 44.5 Å². The molecule has 0 aliphatic rings. The van der Waals surface area contributed by atoms with Crippen molar-refractivity contribution in [2.75, 3.05) is 14.2 Å². The first-order valence-electron chi connectivity index (χ1n) is 6.00. The number of ether oxygens (including phenoxy) is 2. The van der Waals surface area contributed by atoms with Crippen LogP contribution >= 0.6 is 15.9 Å². The molecule has 0 saturated heterocycles. The van der Waals surface area contributed by atoms with Crippen molar-refractivity contribution in [1.29, 1.82) is 0 Å². The Labute approximate surface area is 125 Å². The summed E-state index contributed by atoms with van der Waals surface area (Å²) in [5.74, 6) is 0.750. The molecule has 0 heterocycles. The first kappa shape index (κ1) is 14.8. The van der Waals surface area contributed by atoms with Gasteiger partial charge in [0.25, 0.3) is 0 Å². The van der Waals surface area contributed by atoms with Crippen molar-refractivity contribution < 1.29 is 13.9 Å². The average Bonchev–Trinajstić information content (AvgIpc) is 2.48. The molecule has 5 heteroatoms. The Morgan fingerprint density at radius 1 is 1.05 bits per heavy atom. The first-order chi connectivity index (χ1) is 9.60. The van der Waals surface area contributed by atoms with Gasteiger partial charge in [-0.25, -0.2) is 4.39 Å². The minimum atomic E-state index is -0.682. The Morgan fingerprint density at radius 2 is 1.60 bits per heavy atom. The molecule has 2 aromatic rings. The van der Waals surface area contributed by atoms with E-state index < -0.39 is 6.04 Å². The fraction of sp³-hybridized carbons (Fsp3) is 0.200. The van der Waals surface area contributed by atoms with Crippen LogP contribution in [0, 0.1) is 5.82 Å². The third-order valence-electron chi connectivity index (χ3n) is 3.09. The molecule has 0 fully saturated rings. The number of benzene rings is 2. The lowest BCUT2D eigenvalue weighted by atomic mass is 9.97. The van der Waals surface area contributed by atoms with E-state index in [1.54, 1.807) is 50.6 Å². The summed E-state index contributed by atoms with van der Waals surface area (Å²) in [5, 5.41) is 0. The monoisotopic (exact) mass is 339 g/mol. The Kier molecular flexibility index (Phi) is 4.62. The van der Waals surface area contributed by atoms with E-state index in [9.17, 15) is 4.39 Å². The van der Waals surface area contributed by atoms with E-state index in [1.165, 1.54) is 0 Å². The van der Waals surface area contributed by atoms with Crippen LogP contribution in [0.2, 0.25) is 0 Å². The normalized spacial score (nSPS) is 12.1. The number of rotatable bonds is 4. The van der Waals surface area contributed by atoms with Crippen molar-refractivity contribution in [3.05, 3.63) is 57.8 Å². The van der Waals surface area contributed by atoms with Gasteiger partial charge in [0, 0.05) is 5.56 Å². The molecular weight excluding hydrogens is 325 g/mol. The third kappa shape index (κ3) is 2.64. The van der Waals surface area contributed by atoms with Crippen LogP contribution in [0.3, 0.4) is 0 Å². The summed E-state index contributed by atoms with van der Waals surface area (Å²) in [7, 11) is 3.09. The SMILES string of the molecule is COc1cccc(OC)c1C(N)c1cccc(Br)c1F. The summed E-state index contributed by atoms with van der Waals surface area (Å²) in [6.45, 7) is 0. The van der Waals surface area contributed by atoms with Crippen LogP contribution in [-0.4, -0.2) is 14.2 Å². The summed E-state index contributed by atoms with van der Waals surface area (Å²) in [5.41, 5.74) is 7.21. The Bertz CT molecular complexity index is 597. The van der Waals surface area contributed by atoms with Gasteiger partial charge in [0.15, 0.2) is 0 Å². The van der Waals surface area contributed by atoms with Gasteiger partial charge in [0.05, 0.1) is 30.3 Å². The molecule has 0 aliphatic heterocycles. The molecule has 0 bridgehead atoms. The highest BCUT2D eigenvalue weighted by atomic mass is 79.9. The zero-order chi connectivity index (χ0) is 14.7. The fourth-order valence-corrected chi connectivity index (χ4v) is 2.48. The lowest BCUT2D eigenvalue weighted by Crippen LogP contribution is -2.16. The molecule has 0 saturated carbocycles. The quantitative estimate of drug-likeness (QED) is 0.924. The highest BCUT2D eigenvalue weighted by Gasteiger charge is 2.22. The van der Waals surface area contributed by atoms with Crippen LogP contribution in [0.25, 0.3) is 0 Å². The molecule has 106 valence electrons. The lowest BCUT2D eigenvalue weighted by molar-refractivity contribution is 0.381. The van der Waals surface area contributed by atoms with Crippen molar-refractivity contribution in [2.45, 2.75) is 6.04 Å². The van der Waals surface area contributed by atoms with Gasteiger partial charge in [-0.15, -0.1) is 0 Å².